The van der Waals surface area contributed by atoms with Crippen molar-refractivity contribution in [1.82, 2.24) is 15.4 Å². The number of rotatable bonds is 10. The van der Waals surface area contributed by atoms with Gasteiger partial charge in [-0.25, -0.2) is 0 Å². The summed E-state index contributed by atoms with van der Waals surface area (Å²) in [6.07, 6.45) is 2.95. The lowest BCUT2D eigenvalue weighted by Gasteiger charge is -2.12. The highest BCUT2D eigenvalue weighted by atomic mass is 32.2. The fraction of sp³-hybridized carbons (Fsp3) is 0.250. The predicted octanol–water partition coefficient (Wildman–Crippen LogP) is 3.24. The summed E-state index contributed by atoms with van der Waals surface area (Å²) in [5.74, 6) is 1.82. The third-order valence-corrected chi connectivity index (χ3v) is 5.95. The van der Waals surface area contributed by atoms with Gasteiger partial charge in [-0.15, -0.1) is 10.2 Å². The van der Waals surface area contributed by atoms with Crippen molar-refractivity contribution in [3.05, 3.63) is 35.6 Å². The molecule has 0 spiro atoms. The van der Waals surface area contributed by atoms with Gasteiger partial charge in [-0.2, -0.15) is 0 Å². The number of hydrogen-bond acceptors (Lipinski definition) is 11. The van der Waals surface area contributed by atoms with Gasteiger partial charge in [0.2, 0.25) is 22.7 Å². The number of thioether (sulfide) groups is 1. The molecule has 0 aliphatic heterocycles. The molecule has 11 nitrogen and oxygen atoms in total. The number of carbonyl (C=O) groups excluding carboxylic acids is 2. The molecule has 3 aromatic rings. The molecule has 33 heavy (non-hydrogen) atoms. The summed E-state index contributed by atoms with van der Waals surface area (Å²) in [5.41, 5.74) is 0.682. The van der Waals surface area contributed by atoms with Gasteiger partial charge in [0, 0.05) is 12.1 Å². The molecule has 0 aliphatic rings. The van der Waals surface area contributed by atoms with Gasteiger partial charge in [-0.05, 0) is 30.7 Å². The van der Waals surface area contributed by atoms with Gasteiger partial charge in [-0.1, -0.05) is 28.3 Å². The third kappa shape index (κ3) is 6.70. The summed E-state index contributed by atoms with van der Waals surface area (Å²) in [6.45, 7) is 1.73. The molecule has 2 N–H and O–H groups in total. The lowest BCUT2D eigenvalue weighted by molar-refractivity contribution is -0.114. The number of amides is 2. The number of hydrogen-bond donors (Lipinski definition) is 2. The molecule has 3 rings (SSSR count). The summed E-state index contributed by atoms with van der Waals surface area (Å²) < 4.78 is 21.3. The van der Waals surface area contributed by atoms with E-state index in [9.17, 15) is 9.59 Å². The van der Waals surface area contributed by atoms with Crippen LogP contribution in [0.15, 0.2) is 33.1 Å². The second kappa shape index (κ2) is 11.3. The third-order valence-electron chi connectivity index (χ3n) is 3.97. The van der Waals surface area contributed by atoms with E-state index in [1.54, 1.807) is 31.2 Å². The Bertz CT molecular complexity index is 1130. The van der Waals surface area contributed by atoms with Gasteiger partial charge < -0.3 is 24.1 Å². The van der Waals surface area contributed by atoms with E-state index in [1.165, 1.54) is 39.2 Å². The van der Waals surface area contributed by atoms with Crippen LogP contribution in [0.3, 0.4) is 0 Å². The number of nitrogens with zero attached hydrogens (tertiary/aromatic N) is 3. The van der Waals surface area contributed by atoms with Crippen LogP contribution in [0.1, 0.15) is 11.3 Å². The highest BCUT2D eigenvalue weighted by molar-refractivity contribution is 8.01. The van der Waals surface area contributed by atoms with Gasteiger partial charge >= 0.3 is 0 Å². The van der Waals surface area contributed by atoms with Gasteiger partial charge in [-0.3, -0.25) is 14.9 Å². The lowest BCUT2D eigenvalue weighted by atomic mass is 10.1. The van der Waals surface area contributed by atoms with Gasteiger partial charge in [0.25, 0.3) is 0 Å². The fourth-order valence-corrected chi connectivity index (χ4v) is 4.12. The van der Waals surface area contributed by atoms with E-state index in [0.717, 1.165) is 11.3 Å². The van der Waals surface area contributed by atoms with Crippen LogP contribution in [0, 0.1) is 6.92 Å². The Morgan fingerprint density at radius 2 is 1.82 bits per heavy atom. The minimum atomic E-state index is -0.393. The Morgan fingerprint density at radius 1 is 1.09 bits per heavy atom. The molecule has 174 valence electrons. The first-order chi connectivity index (χ1) is 15.9. The standard InChI is InChI=1S/C20H21N5O6S2/c1-11-7-15(25-31-11)21-17(27)10-32-20-24-23-19(33-20)22-16(26)6-5-12-8-13(28-2)18(30-4)14(9-12)29-3/h5-9H,10H2,1-4H3,(H,21,25,27)(H,22,23,26)/b6-5+. The van der Waals surface area contributed by atoms with Crippen molar-refractivity contribution in [3.8, 4) is 17.2 Å². The molecule has 13 heteroatoms. The first-order valence-electron chi connectivity index (χ1n) is 9.40. The van der Waals surface area contributed by atoms with E-state index in [4.69, 9.17) is 18.7 Å². The molecule has 0 fully saturated rings. The summed E-state index contributed by atoms with van der Waals surface area (Å²) in [4.78, 5) is 24.2. The quantitative estimate of drug-likeness (QED) is 0.247. The average molecular weight is 492 g/mol. The second-order valence-corrected chi connectivity index (χ2v) is 8.51. The topological polar surface area (TPSA) is 138 Å². The monoisotopic (exact) mass is 491 g/mol. The predicted molar refractivity (Wildman–Crippen MR) is 124 cm³/mol. The SMILES string of the molecule is COc1cc(/C=C/C(=O)Nc2nnc(SCC(=O)Nc3cc(C)on3)s2)cc(OC)c1OC. The maximum Gasteiger partial charge on any atom is 0.250 e. The molecule has 0 bridgehead atoms. The number of anilines is 2. The molecule has 0 aliphatic carbocycles. The molecule has 0 atom stereocenters. The first-order valence-corrected chi connectivity index (χ1v) is 11.2. The molecular weight excluding hydrogens is 470 g/mol. The summed E-state index contributed by atoms with van der Waals surface area (Å²) in [7, 11) is 4.55. The summed E-state index contributed by atoms with van der Waals surface area (Å²) in [5, 5.41) is 17.1. The average Bonchev–Trinajstić information content (AvgIpc) is 3.43. The van der Waals surface area contributed by atoms with Crippen LogP contribution in [-0.2, 0) is 9.59 Å². The fourth-order valence-electron chi connectivity index (χ4n) is 2.57. The highest BCUT2D eigenvalue weighted by Crippen LogP contribution is 2.38. The molecule has 0 saturated heterocycles. The first kappa shape index (κ1) is 24.1. The van der Waals surface area contributed by atoms with Crippen molar-refractivity contribution in [2.75, 3.05) is 37.7 Å². The number of aryl methyl sites for hydroxylation is 1. The van der Waals surface area contributed by atoms with E-state index < -0.39 is 5.91 Å². The van der Waals surface area contributed by atoms with E-state index in [-0.39, 0.29) is 11.7 Å². The number of aromatic nitrogens is 3. The smallest absolute Gasteiger partial charge is 0.250 e. The molecular formula is C20H21N5O6S2. The van der Waals surface area contributed by atoms with E-state index >= 15 is 0 Å². The van der Waals surface area contributed by atoms with E-state index in [1.807, 2.05) is 0 Å². The Morgan fingerprint density at radius 3 is 2.42 bits per heavy atom. The van der Waals surface area contributed by atoms with Crippen LogP contribution >= 0.6 is 23.1 Å². The molecule has 0 saturated carbocycles. The zero-order chi connectivity index (χ0) is 23.8. The van der Waals surface area contributed by atoms with Crippen molar-refractivity contribution < 1.29 is 28.3 Å². The van der Waals surface area contributed by atoms with Crippen molar-refractivity contribution in [2.45, 2.75) is 11.3 Å². The normalized spacial score (nSPS) is 10.8. The minimum Gasteiger partial charge on any atom is -0.493 e. The molecule has 1 aromatic carbocycles. The molecule has 2 heterocycles. The van der Waals surface area contributed by atoms with Gasteiger partial charge in [0.15, 0.2) is 21.7 Å². The van der Waals surface area contributed by atoms with E-state index in [0.29, 0.717) is 43.9 Å². The zero-order valence-electron chi connectivity index (χ0n) is 18.2. The number of ether oxygens (including phenoxy) is 3. The van der Waals surface area contributed by atoms with Crippen molar-refractivity contribution in [1.29, 1.82) is 0 Å². The van der Waals surface area contributed by atoms with Crippen molar-refractivity contribution >= 4 is 51.9 Å². The van der Waals surface area contributed by atoms with Crippen LogP contribution in [0.25, 0.3) is 6.08 Å². The molecule has 2 aromatic heterocycles. The number of benzene rings is 1. The van der Waals surface area contributed by atoms with Crippen LogP contribution in [-0.4, -0.2) is 54.3 Å². The maximum absolute atomic E-state index is 12.3. The van der Waals surface area contributed by atoms with E-state index in [2.05, 4.69) is 26.0 Å². The Hall–Kier alpha value is -3.58. The highest BCUT2D eigenvalue weighted by Gasteiger charge is 2.13. The second-order valence-electron chi connectivity index (χ2n) is 6.31. The minimum absolute atomic E-state index is 0.107. The van der Waals surface area contributed by atoms with Crippen LogP contribution in [0.4, 0.5) is 10.9 Å². The molecule has 0 unspecified atom stereocenters. The zero-order valence-corrected chi connectivity index (χ0v) is 19.8. The Labute approximate surface area is 197 Å². The number of nitrogens with one attached hydrogen (secondary N) is 2. The van der Waals surface area contributed by atoms with Gasteiger partial charge in [0.1, 0.15) is 5.76 Å². The number of carbonyl (C=O) groups is 2. The van der Waals surface area contributed by atoms with Crippen LogP contribution < -0.4 is 24.8 Å². The molecule has 0 radical (unpaired) electrons. The number of methoxy groups -OCH3 is 3. The maximum atomic E-state index is 12.3. The lowest BCUT2D eigenvalue weighted by Crippen LogP contribution is -2.14. The van der Waals surface area contributed by atoms with Crippen molar-refractivity contribution in [2.24, 2.45) is 0 Å². The Balaban J connectivity index is 1.54. The summed E-state index contributed by atoms with van der Waals surface area (Å²) >= 11 is 2.35. The largest absolute Gasteiger partial charge is 0.493 e. The molecule has 2 amide bonds. The Kier molecular flexibility index (Phi) is 8.27. The summed E-state index contributed by atoms with van der Waals surface area (Å²) in [6, 6.07) is 5.05. The van der Waals surface area contributed by atoms with Crippen LogP contribution in [0.5, 0.6) is 17.2 Å². The van der Waals surface area contributed by atoms with Gasteiger partial charge in [0.05, 0.1) is 27.1 Å². The van der Waals surface area contributed by atoms with Crippen LogP contribution in [0.2, 0.25) is 0 Å². The van der Waals surface area contributed by atoms with Crippen molar-refractivity contribution in [3.63, 3.8) is 0 Å².